The van der Waals surface area contributed by atoms with E-state index in [9.17, 15) is 13.6 Å². The van der Waals surface area contributed by atoms with Gasteiger partial charge >= 0.3 is 6.61 Å². The topological polar surface area (TPSA) is 32.8 Å². The quantitative estimate of drug-likeness (QED) is 0.860. The van der Waals surface area contributed by atoms with Crippen LogP contribution < -0.4 is 4.74 Å². The van der Waals surface area contributed by atoms with Crippen molar-refractivity contribution in [1.82, 2.24) is 9.80 Å². The van der Waals surface area contributed by atoms with Gasteiger partial charge in [0.15, 0.2) is 0 Å². The molecule has 3 aliphatic heterocycles. The standard InChI is InChI=1S/C16H20F2N2O2/c1-19-8-11-5-6-13(19)10-20(9-11)15(21)12-3-2-4-14(7-12)22-16(17)18/h2-4,7,11,13,16H,5-6,8-10H2,1H3/t11-,13-/m1/s1. The Morgan fingerprint density at radius 3 is 2.82 bits per heavy atom. The summed E-state index contributed by atoms with van der Waals surface area (Å²) in [7, 11) is 2.10. The number of ether oxygens (including phenoxy) is 1. The molecule has 1 amide bonds. The van der Waals surface area contributed by atoms with Crippen LogP contribution in [0.5, 0.6) is 5.75 Å². The molecule has 3 saturated heterocycles. The Morgan fingerprint density at radius 1 is 1.27 bits per heavy atom. The number of carbonyl (C=O) groups excluding carboxylic acids is 1. The fourth-order valence-electron chi connectivity index (χ4n) is 3.47. The molecular formula is C16H20F2N2O2. The highest BCUT2D eigenvalue weighted by atomic mass is 19.3. The minimum atomic E-state index is -2.88. The van der Waals surface area contributed by atoms with E-state index in [0.29, 0.717) is 24.1 Å². The number of alkyl halides is 2. The van der Waals surface area contributed by atoms with Crippen molar-refractivity contribution in [2.75, 3.05) is 26.7 Å². The second kappa shape index (κ2) is 6.20. The molecule has 0 aromatic heterocycles. The second-order valence-corrected chi connectivity index (χ2v) is 6.15. The molecule has 0 spiro atoms. The molecule has 3 fully saturated rings. The van der Waals surface area contributed by atoms with Gasteiger partial charge in [-0.1, -0.05) is 6.07 Å². The van der Waals surface area contributed by atoms with Crippen LogP contribution >= 0.6 is 0 Å². The number of likely N-dealkylation sites (N-methyl/N-ethyl adjacent to an activating group) is 1. The van der Waals surface area contributed by atoms with Gasteiger partial charge in [0.05, 0.1) is 0 Å². The van der Waals surface area contributed by atoms with E-state index in [1.807, 2.05) is 4.90 Å². The third-order valence-corrected chi connectivity index (χ3v) is 4.58. The molecule has 6 heteroatoms. The summed E-state index contributed by atoms with van der Waals surface area (Å²) in [6.07, 6.45) is 2.26. The summed E-state index contributed by atoms with van der Waals surface area (Å²) in [5.74, 6) is 0.413. The maximum absolute atomic E-state index is 12.7. The molecule has 120 valence electrons. The molecule has 1 aromatic carbocycles. The van der Waals surface area contributed by atoms with E-state index >= 15 is 0 Å². The molecule has 22 heavy (non-hydrogen) atoms. The minimum absolute atomic E-state index is 0.0239. The lowest BCUT2D eigenvalue weighted by Crippen LogP contribution is -2.41. The first-order chi connectivity index (χ1) is 10.5. The zero-order valence-corrected chi connectivity index (χ0v) is 12.5. The van der Waals surface area contributed by atoms with E-state index in [0.717, 1.165) is 25.9 Å². The molecule has 4 rings (SSSR count). The van der Waals surface area contributed by atoms with Gasteiger partial charge in [0.25, 0.3) is 5.91 Å². The van der Waals surface area contributed by atoms with E-state index in [4.69, 9.17) is 0 Å². The van der Waals surface area contributed by atoms with Crippen molar-refractivity contribution < 1.29 is 18.3 Å². The van der Waals surface area contributed by atoms with Crippen LogP contribution in [-0.4, -0.2) is 55.0 Å². The number of amides is 1. The third kappa shape index (κ3) is 3.21. The average Bonchev–Trinajstić information content (AvgIpc) is 2.77. The molecule has 2 bridgehead atoms. The van der Waals surface area contributed by atoms with Crippen molar-refractivity contribution in [3.8, 4) is 5.75 Å². The highest BCUT2D eigenvalue weighted by Crippen LogP contribution is 2.28. The summed E-state index contributed by atoms with van der Waals surface area (Å²) in [5, 5.41) is 0. The van der Waals surface area contributed by atoms with Gasteiger partial charge in [0, 0.05) is 31.2 Å². The van der Waals surface area contributed by atoms with Crippen LogP contribution in [0.2, 0.25) is 0 Å². The van der Waals surface area contributed by atoms with Crippen molar-refractivity contribution in [2.45, 2.75) is 25.5 Å². The van der Waals surface area contributed by atoms with Crippen molar-refractivity contribution in [3.05, 3.63) is 29.8 Å². The summed E-state index contributed by atoms with van der Waals surface area (Å²) in [6.45, 7) is -0.429. The Morgan fingerprint density at radius 2 is 2.09 bits per heavy atom. The molecule has 0 radical (unpaired) electrons. The van der Waals surface area contributed by atoms with Gasteiger partial charge in [0.2, 0.25) is 0 Å². The summed E-state index contributed by atoms with van der Waals surface area (Å²) in [4.78, 5) is 16.9. The van der Waals surface area contributed by atoms with Gasteiger partial charge in [-0.05, 0) is 44.0 Å². The van der Waals surface area contributed by atoms with E-state index in [-0.39, 0.29) is 11.7 Å². The van der Waals surface area contributed by atoms with Gasteiger partial charge < -0.3 is 14.5 Å². The maximum atomic E-state index is 12.7. The summed E-state index contributed by atoms with van der Waals surface area (Å²) >= 11 is 0. The van der Waals surface area contributed by atoms with Gasteiger partial charge in [-0.2, -0.15) is 8.78 Å². The van der Waals surface area contributed by atoms with Crippen LogP contribution in [0, 0.1) is 5.92 Å². The van der Waals surface area contributed by atoms with Gasteiger partial charge in [-0.3, -0.25) is 4.79 Å². The van der Waals surface area contributed by atoms with Gasteiger partial charge in [-0.25, -0.2) is 0 Å². The molecular weight excluding hydrogens is 290 g/mol. The number of halogens is 2. The van der Waals surface area contributed by atoms with Crippen LogP contribution in [0.15, 0.2) is 24.3 Å². The molecule has 1 aromatic rings. The third-order valence-electron chi connectivity index (χ3n) is 4.58. The number of hydrogen-bond donors (Lipinski definition) is 0. The number of nitrogens with zero attached hydrogens (tertiary/aromatic N) is 2. The number of carbonyl (C=O) groups is 1. The molecule has 0 unspecified atom stereocenters. The molecule has 3 aliphatic rings. The Kier molecular flexibility index (Phi) is 4.29. The number of fused-ring (bicyclic) bond motifs is 4. The lowest BCUT2D eigenvalue weighted by atomic mass is 9.96. The molecule has 0 aliphatic carbocycles. The number of hydrogen-bond acceptors (Lipinski definition) is 3. The minimum Gasteiger partial charge on any atom is -0.435 e. The first-order valence-electron chi connectivity index (χ1n) is 7.57. The Balaban J connectivity index is 1.76. The van der Waals surface area contributed by atoms with Crippen LogP contribution in [-0.2, 0) is 0 Å². The van der Waals surface area contributed by atoms with Crippen LogP contribution in [0.1, 0.15) is 23.2 Å². The highest BCUT2D eigenvalue weighted by Gasteiger charge is 2.34. The Hall–Kier alpha value is -1.69. The average molecular weight is 310 g/mol. The van der Waals surface area contributed by atoms with Crippen LogP contribution in [0.4, 0.5) is 8.78 Å². The zero-order chi connectivity index (χ0) is 15.7. The fraction of sp³-hybridized carbons (Fsp3) is 0.562. The normalized spacial score (nSPS) is 25.4. The monoisotopic (exact) mass is 310 g/mol. The molecule has 0 N–H and O–H groups in total. The lowest BCUT2D eigenvalue weighted by molar-refractivity contribution is -0.0499. The second-order valence-electron chi connectivity index (χ2n) is 6.15. The Bertz CT molecular complexity index is 553. The predicted molar refractivity (Wildman–Crippen MR) is 78.1 cm³/mol. The van der Waals surface area contributed by atoms with E-state index in [2.05, 4.69) is 16.7 Å². The van der Waals surface area contributed by atoms with Crippen molar-refractivity contribution in [2.24, 2.45) is 5.92 Å². The van der Waals surface area contributed by atoms with Crippen molar-refractivity contribution >= 4 is 5.91 Å². The molecule has 2 atom stereocenters. The number of piperidine rings is 1. The molecule has 0 saturated carbocycles. The lowest BCUT2D eigenvalue weighted by Gasteiger charge is -2.32. The van der Waals surface area contributed by atoms with Gasteiger partial charge in [-0.15, -0.1) is 0 Å². The molecule has 3 heterocycles. The number of benzene rings is 1. The summed E-state index contributed by atoms with van der Waals surface area (Å²) in [5.41, 5.74) is 0.405. The predicted octanol–water partition coefficient (Wildman–Crippen LogP) is 2.45. The largest absolute Gasteiger partial charge is 0.435 e. The fourth-order valence-corrected chi connectivity index (χ4v) is 3.47. The zero-order valence-electron chi connectivity index (χ0n) is 12.5. The van der Waals surface area contributed by atoms with E-state index < -0.39 is 6.61 Å². The first-order valence-corrected chi connectivity index (χ1v) is 7.57. The maximum Gasteiger partial charge on any atom is 0.387 e. The van der Waals surface area contributed by atoms with Crippen molar-refractivity contribution in [3.63, 3.8) is 0 Å². The van der Waals surface area contributed by atoms with Crippen molar-refractivity contribution in [1.29, 1.82) is 0 Å². The SMILES string of the molecule is CN1C[C@H]2CC[C@@H]1CN(C(=O)c1cccc(OC(F)F)c1)C2. The smallest absolute Gasteiger partial charge is 0.387 e. The van der Waals surface area contributed by atoms with Gasteiger partial charge in [0.1, 0.15) is 5.75 Å². The number of rotatable bonds is 3. The van der Waals surface area contributed by atoms with Crippen LogP contribution in [0.3, 0.4) is 0 Å². The summed E-state index contributed by atoms with van der Waals surface area (Å²) in [6, 6.07) is 6.44. The van der Waals surface area contributed by atoms with E-state index in [1.54, 1.807) is 12.1 Å². The Labute approximate surface area is 128 Å². The van der Waals surface area contributed by atoms with E-state index in [1.165, 1.54) is 12.1 Å². The summed E-state index contributed by atoms with van der Waals surface area (Å²) < 4.78 is 29.0. The molecule has 4 nitrogen and oxygen atoms in total. The first kappa shape index (κ1) is 15.2. The highest BCUT2D eigenvalue weighted by molar-refractivity contribution is 5.94. The van der Waals surface area contributed by atoms with Crippen LogP contribution in [0.25, 0.3) is 0 Å².